The van der Waals surface area contributed by atoms with Gasteiger partial charge in [0.2, 0.25) is 11.7 Å². The highest BCUT2D eigenvalue weighted by Crippen LogP contribution is 2.30. The van der Waals surface area contributed by atoms with Crippen LogP contribution in [0.1, 0.15) is 34.8 Å². The molecule has 0 radical (unpaired) electrons. The van der Waals surface area contributed by atoms with E-state index in [4.69, 9.17) is 4.74 Å². The molecule has 2 atom stereocenters. The lowest BCUT2D eigenvalue weighted by Crippen LogP contribution is -2.30. The molecule has 0 spiro atoms. The number of fused-ring (bicyclic) bond motifs is 1. The van der Waals surface area contributed by atoms with E-state index in [-0.39, 0.29) is 24.7 Å². The van der Waals surface area contributed by atoms with Crippen molar-refractivity contribution in [3.63, 3.8) is 0 Å². The molecule has 0 bridgehead atoms. The predicted octanol–water partition coefficient (Wildman–Crippen LogP) is 3.95. The van der Waals surface area contributed by atoms with E-state index in [9.17, 15) is 14.4 Å². The number of anilines is 1. The van der Waals surface area contributed by atoms with E-state index in [1.807, 2.05) is 56.3 Å². The Hall–Kier alpha value is -3.41. The van der Waals surface area contributed by atoms with Gasteiger partial charge in [-0.3, -0.25) is 14.4 Å². The van der Waals surface area contributed by atoms with E-state index < -0.39 is 18.0 Å². The fourth-order valence-electron chi connectivity index (χ4n) is 3.94. The van der Waals surface area contributed by atoms with Crippen molar-refractivity contribution in [2.45, 2.75) is 33.3 Å². The molecule has 3 aromatic rings. The Bertz CT molecular complexity index is 1150. The zero-order chi connectivity index (χ0) is 21.4. The summed E-state index contributed by atoms with van der Waals surface area (Å²) in [5, 5.41) is 0.794. The fourth-order valence-corrected chi connectivity index (χ4v) is 3.94. The lowest BCUT2D eigenvalue weighted by Gasteiger charge is -2.20. The van der Waals surface area contributed by atoms with E-state index in [2.05, 4.69) is 4.98 Å². The lowest BCUT2D eigenvalue weighted by atomic mass is 10.1. The molecule has 0 saturated carbocycles. The smallest absolute Gasteiger partial charge is 0.312 e. The number of carbonyl (C=O) groups is 3. The number of carbonyl (C=O) groups excluding carboxylic acids is 3. The van der Waals surface area contributed by atoms with Crippen LogP contribution in [0.5, 0.6) is 0 Å². The topological polar surface area (TPSA) is 79.5 Å². The van der Waals surface area contributed by atoms with Gasteiger partial charge >= 0.3 is 5.97 Å². The number of H-pyrrole nitrogens is 1. The molecule has 2 aromatic carbocycles. The van der Waals surface area contributed by atoms with Crippen molar-refractivity contribution in [3.05, 3.63) is 65.4 Å². The Morgan fingerprint density at radius 1 is 1.13 bits per heavy atom. The first kappa shape index (κ1) is 19.9. The standard InChI is InChI=1S/C24H24N2O4/c1-14-7-6-10-21(15(14)2)26-13-17(11-22(26)27)24(29)30-16(3)23(28)19-12-25-20-9-5-4-8-18(19)20/h4-10,12,16-17,25H,11,13H2,1-3H3/t16-,17+/m0/s1. The zero-order valence-electron chi connectivity index (χ0n) is 17.3. The molecule has 1 amide bonds. The van der Waals surface area contributed by atoms with Gasteiger partial charge < -0.3 is 14.6 Å². The van der Waals surface area contributed by atoms with Crippen molar-refractivity contribution < 1.29 is 19.1 Å². The summed E-state index contributed by atoms with van der Waals surface area (Å²) < 4.78 is 5.47. The van der Waals surface area contributed by atoms with Crippen molar-refractivity contribution in [2.24, 2.45) is 5.92 Å². The minimum atomic E-state index is -0.929. The molecule has 154 valence electrons. The monoisotopic (exact) mass is 404 g/mol. The minimum absolute atomic E-state index is 0.0835. The summed E-state index contributed by atoms with van der Waals surface area (Å²) in [5.74, 6) is -1.48. The third-order valence-electron chi connectivity index (χ3n) is 5.84. The Labute approximate surface area is 174 Å². The van der Waals surface area contributed by atoms with Gasteiger partial charge in [-0.2, -0.15) is 0 Å². The number of nitrogens with zero attached hydrogens (tertiary/aromatic N) is 1. The van der Waals surface area contributed by atoms with Crippen LogP contribution >= 0.6 is 0 Å². The number of para-hydroxylation sites is 1. The number of benzene rings is 2. The molecular formula is C24H24N2O4. The van der Waals surface area contributed by atoms with Crippen LogP contribution in [-0.2, 0) is 14.3 Å². The summed E-state index contributed by atoms with van der Waals surface area (Å²) in [5.41, 5.74) is 4.26. The number of ketones is 1. The quantitative estimate of drug-likeness (QED) is 0.516. The second-order valence-corrected chi connectivity index (χ2v) is 7.82. The number of hydrogen-bond acceptors (Lipinski definition) is 4. The number of aryl methyl sites for hydroxylation is 1. The highest BCUT2D eigenvalue weighted by molar-refractivity contribution is 6.10. The number of ether oxygens (including phenoxy) is 1. The maximum atomic E-state index is 12.8. The Balaban J connectivity index is 1.45. The second-order valence-electron chi connectivity index (χ2n) is 7.82. The first-order valence-electron chi connectivity index (χ1n) is 10.0. The van der Waals surface area contributed by atoms with Gasteiger partial charge in [0.25, 0.3) is 0 Å². The molecule has 4 rings (SSSR count). The average Bonchev–Trinajstić information content (AvgIpc) is 3.33. The normalized spacial score (nSPS) is 17.4. The maximum absolute atomic E-state index is 12.8. The van der Waals surface area contributed by atoms with Crippen molar-refractivity contribution in [2.75, 3.05) is 11.4 Å². The Morgan fingerprint density at radius 2 is 1.90 bits per heavy atom. The van der Waals surface area contributed by atoms with Gasteiger partial charge in [0.1, 0.15) is 0 Å². The SMILES string of the molecule is Cc1cccc(N2C[C@H](C(=O)O[C@@H](C)C(=O)c3c[nH]c4ccccc34)CC2=O)c1C. The fraction of sp³-hybridized carbons (Fsp3) is 0.292. The van der Waals surface area contributed by atoms with Gasteiger partial charge in [-0.05, 0) is 44.0 Å². The molecule has 1 fully saturated rings. The highest BCUT2D eigenvalue weighted by Gasteiger charge is 2.38. The molecule has 1 aliphatic rings. The predicted molar refractivity (Wildman–Crippen MR) is 115 cm³/mol. The zero-order valence-corrected chi connectivity index (χ0v) is 17.3. The first-order chi connectivity index (χ1) is 14.4. The lowest BCUT2D eigenvalue weighted by molar-refractivity contribution is -0.151. The van der Waals surface area contributed by atoms with Crippen LogP contribution in [-0.4, -0.2) is 35.3 Å². The van der Waals surface area contributed by atoms with Crippen LogP contribution in [0.3, 0.4) is 0 Å². The molecule has 0 aliphatic carbocycles. The van der Waals surface area contributed by atoms with E-state index >= 15 is 0 Å². The molecule has 1 N–H and O–H groups in total. The van der Waals surface area contributed by atoms with E-state index in [1.54, 1.807) is 18.0 Å². The summed E-state index contributed by atoms with van der Waals surface area (Å²) >= 11 is 0. The van der Waals surface area contributed by atoms with Crippen molar-refractivity contribution in [1.29, 1.82) is 0 Å². The van der Waals surface area contributed by atoms with E-state index in [0.717, 1.165) is 27.7 Å². The van der Waals surface area contributed by atoms with Crippen LogP contribution in [0.4, 0.5) is 5.69 Å². The molecular weight excluding hydrogens is 380 g/mol. The number of nitrogens with one attached hydrogen (secondary N) is 1. The molecule has 2 heterocycles. The highest BCUT2D eigenvalue weighted by atomic mass is 16.5. The van der Waals surface area contributed by atoms with Gasteiger partial charge in [-0.1, -0.05) is 30.3 Å². The van der Waals surface area contributed by atoms with Gasteiger partial charge in [0, 0.05) is 41.3 Å². The van der Waals surface area contributed by atoms with Crippen LogP contribution in [0.2, 0.25) is 0 Å². The molecule has 1 saturated heterocycles. The molecule has 30 heavy (non-hydrogen) atoms. The first-order valence-corrected chi connectivity index (χ1v) is 10.0. The number of esters is 1. The van der Waals surface area contributed by atoms with Gasteiger partial charge in [-0.15, -0.1) is 0 Å². The number of aromatic nitrogens is 1. The Morgan fingerprint density at radius 3 is 2.70 bits per heavy atom. The van der Waals surface area contributed by atoms with E-state index in [0.29, 0.717) is 5.56 Å². The summed E-state index contributed by atoms with van der Waals surface area (Å²) in [6.45, 7) is 5.78. The largest absolute Gasteiger partial charge is 0.454 e. The number of rotatable bonds is 5. The van der Waals surface area contributed by atoms with Crippen LogP contribution in [0.25, 0.3) is 10.9 Å². The summed E-state index contributed by atoms with van der Waals surface area (Å²) in [4.78, 5) is 42.8. The van der Waals surface area contributed by atoms with Crippen LogP contribution < -0.4 is 4.90 Å². The molecule has 6 nitrogen and oxygen atoms in total. The summed E-state index contributed by atoms with van der Waals surface area (Å²) in [6.07, 6.45) is 0.792. The van der Waals surface area contributed by atoms with Gasteiger partial charge in [0.05, 0.1) is 5.92 Å². The minimum Gasteiger partial charge on any atom is -0.454 e. The summed E-state index contributed by atoms with van der Waals surface area (Å²) in [6, 6.07) is 13.3. The van der Waals surface area contributed by atoms with Gasteiger partial charge in [-0.25, -0.2) is 0 Å². The molecule has 1 aliphatic heterocycles. The van der Waals surface area contributed by atoms with Crippen LogP contribution in [0.15, 0.2) is 48.7 Å². The number of amides is 1. The maximum Gasteiger partial charge on any atom is 0.312 e. The third kappa shape index (κ3) is 3.49. The number of aromatic amines is 1. The summed E-state index contributed by atoms with van der Waals surface area (Å²) in [7, 11) is 0. The molecule has 1 aromatic heterocycles. The van der Waals surface area contributed by atoms with Crippen molar-refractivity contribution >= 4 is 34.3 Å². The van der Waals surface area contributed by atoms with E-state index in [1.165, 1.54) is 0 Å². The van der Waals surface area contributed by atoms with Crippen molar-refractivity contribution in [1.82, 2.24) is 4.98 Å². The molecule has 6 heteroatoms. The third-order valence-corrected chi connectivity index (χ3v) is 5.84. The molecule has 0 unspecified atom stereocenters. The van der Waals surface area contributed by atoms with Crippen LogP contribution in [0, 0.1) is 19.8 Å². The average molecular weight is 404 g/mol. The Kier molecular flexibility index (Phi) is 5.16. The van der Waals surface area contributed by atoms with Gasteiger partial charge in [0.15, 0.2) is 6.10 Å². The second kappa shape index (κ2) is 7.78. The number of hydrogen-bond donors (Lipinski definition) is 1. The number of Topliss-reactive ketones (excluding diaryl/α,β-unsaturated/α-hetero) is 1. The van der Waals surface area contributed by atoms with Crippen molar-refractivity contribution in [3.8, 4) is 0 Å².